The first-order valence-corrected chi connectivity index (χ1v) is 8.18. The van der Waals surface area contributed by atoms with Gasteiger partial charge in [-0.1, -0.05) is 11.8 Å². The first-order chi connectivity index (χ1) is 12.6. The van der Waals surface area contributed by atoms with Crippen LogP contribution in [0.5, 0.6) is 5.75 Å². The maximum atomic E-state index is 12.0. The van der Waals surface area contributed by atoms with Gasteiger partial charge in [0, 0.05) is 17.8 Å². The zero-order valence-electron chi connectivity index (χ0n) is 13.4. The minimum Gasteiger partial charge on any atom is -0.490 e. The lowest BCUT2D eigenvalue weighted by atomic mass is 10.2. The van der Waals surface area contributed by atoms with Gasteiger partial charge < -0.3 is 18.9 Å². The maximum absolute atomic E-state index is 12.0. The van der Waals surface area contributed by atoms with E-state index < -0.39 is 4.92 Å². The van der Waals surface area contributed by atoms with Crippen molar-refractivity contribution in [2.45, 2.75) is 5.22 Å². The van der Waals surface area contributed by atoms with E-state index in [1.807, 2.05) is 0 Å². The smallest absolute Gasteiger partial charge is 0.311 e. The van der Waals surface area contributed by atoms with Gasteiger partial charge in [-0.2, -0.15) is 0 Å². The van der Waals surface area contributed by atoms with Crippen LogP contribution in [0.25, 0.3) is 11.7 Å². The Balaban J connectivity index is 1.58. The number of carbonyl (C=O) groups excluding carboxylic acids is 1. The Morgan fingerprint density at radius 2 is 2.23 bits per heavy atom. The molecule has 134 valence electrons. The molecule has 0 aliphatic rings. The molecule has 0 unspecified atom stereocenters. The van der Waals surface area contributed by atoms with Crippen molar-refractivity contribution in [1.82, 2.24) is 10.2 Å². The third-order valence-electron chi connectivity index (χ3n) is 3.13. The predicted octanol–water partition coefficient (Wildman–Crippen LogP) is 2.98. The number of ether oxygens (including phenoxy) is 1. The van der Waals surface area contributed by atoms with Crippen molar-refractivity contribution in [2.24, 2.45) is 0 Å². The summed E-state index contributed by atoms with van der Waals surface area (Å²) in [6.07, 6.45) is 1.48. The fourth-order valence-corrected chi connectivity index (χ4v) is 2.56. The molecule has 0 saturated carbocycles. The van der Waals surface area contributed by atoms with E-state index in [2.05, 4.69) is 15.5 Å². The van der Waals surface area contributed by atoms with Gasteiger partial charge in [0.15, 0.2) is 11.5 Å². The van der Waals surface area contributed by atoms with E-state index in [9.17, 15) is 14.9 Å². The highest BCUT2D eigenvalue weighted by Gasteiger charge is 2.16. The molecule has 0 radical (unpaired) electrons. The minimum absolute atomic E-state index is 0.0130. The van der Waals surface area contributed by atoms with Crippen LogP contribution in [0.4, 0.5) is 11.4 Å². The molecule has 0 saturated heterocycles. The van der Waals surface area contributed by atoms with E-state index in [1.165, 1.54) is 31.6 Å². The van der Waals surface area contributed by atoms with Gasteiger partial charge in [-0.15, -0.1) is 10.2 Å². The van der Waals surface area contributed by atoms with Crippen molar-refractivity contribution in [3.8, 4) is 17.4 Å². The van der Waals surface area contributed by atoms with Gasteiger partial charge in [0.05, 0.1) is 24.0 Å². The summed E-state index contributed by atoms with van der Waals surface area (Å²) in [5.41, 5.74) is 0.191. The summed E-state index contributed by atoms with van der Waals surface area (Å²) in [5, 5.41) is 21.3. The van der Waals surface area contributed by atoms with Crippen LogP contribution < -0.4 is 10.1 Å². The van der Waals surface area contributed by atoms with Crippen molar-refractivity contribution in [3.05, 3.63) is 46.7 Å². The van der Waals surface area contributed by atoms with Gasteiger partial charge in [0.2, 0.25) is 5.91 Å². The van der Waals surface area contributed by atoms with Crippen LogP contribution in [0.3, 0.4) is 0 Å². The number of benzene rings is 1. The molecular formula is C15H12N4O6S. The molecule has 2 aromatic heterocycles. The number of nitrogens with one attached hydrogen (secondary N) is 1. The molecule has 1 N–H and O–H groups in total. The van der Waals surface area contributed by atoms with E-state index in [0.717, 1.165) is 11.8 Å². The summed E-state index contributed by atoms with van der Waals surface area (Å²) in [5.74, 6) is 0.382. The summed E-state index contributed by atoms with van der Waals surface area (Å²) in [4.78, 5) is 22.3. The van der Waals surface area contributed by atoms with E-state index in [4.69, 9.17) is 13.6 Å². The number of anilines is 1. The largest absolute Gasteiger partial charge is 0.490 e. The Bertz CT molecular complexity index is 924. The molecule has 0 aliphatic heterocycles. The number of hydrogen-bond donors (Lipinski definition) is 1. The molecule has 3 aromatic rings. The standard InChI is InChI=1S/C15H12N4O6S/c1-23-12-7-9(4-5-10(12)19(21)22)16-13(20)8-26-15-18-17-14(25-15)11-3-2-6-24-11/h2-7H,8H2,1H3,(H,16,20). The van der Waals surface area contributed by atoms with Crippen LogP contribution in [0, 0.1) is 10.1 Å². The number of furan rings is 1. The zero-order valence-corrected chi connectivity index (χ0v) is 14.2. The van der Waals surface area contributed by atoms with E-state index in [0.29, 0.717) is 11.4 Å². The zero-order chi connectivity index (χ0) is 18.5. The molecule has 10 nitrogen and oxygen atoms in total. The van der Waals surface area contributed by atoms with Crippen LogP contribution in [0.15, 0.2) is 50.7 Å². The molecule has 0 bridgehead atoms. The van der Waals surface area contributed by atoms with Gasteiger partial charge in [-0.3, -0.25) is 14.9 Å². The number of rotatable bonds is 7. The number of hydrogen-bond acceptors (Lipinski definition) is 9. The Kier molecular flexibility index (Phi) is 5.17. The maximum Gasteiger partial charge on any atom is 0.311 e. The number of thioether (sulfide) groups is 1. The van der Waals surface area contributed by atoms with Crippen molar-refractivity contribution in [1.29, 1.82) is 0 Å². The number of methoxy groups -OCH3 is 1. The highest BCUT2D eigenvalue weighted by Crippen LogP contribution is 2.30. The van der Waals surface area contributed by atoms with Crippen LogP contribution in [-0.2, 0) is 4.79 Å². The van der Waals surface area contributed by atoms with E-state index in [-0.39, 0.29) is 34.2 Å². The SMILES string of the molecule is COc1cc(NC(=O)CSc2nnc(-c3ccco3)o2)ccc1[N+](=O)[O-]. The van der Waals surface area contributed by atoms with Gasteiger partial charge >= 0.3 is 5.69 Å². The Morgan fingerprint density at radius 3 is 2.92 bits per heavy atom. The Morgan fingerprint density at radius 1 is 1.38 bits per heavy atom. The minimum atomic E-state index is -0.563. The van der Waals surface area contributed by atoms with E-state index >= 15 is 0 Å². The van der Waals surface area contributed by atoms with Crippen molar-refractivity contribution in [3.63, 3.8) is 0 Å². The number of aromatic nitrogens is 2. The quantitative estimate of drug-likeness (QED) is 0.375. The van der Waals surface area contributed by atoms with Crippen molar-refractivity contribution >= 4 is 29.0 Å². The monoisotopic (exact) mass is 376 g/mol. The molecule has 0 spiro atoms. The van der Waals surface area contributed by atoms with Crippen molar-refractivity contribution < 1.29 is 23.3 Å². The second-order valence-electron chi connectivity index (χ2n) is 4.83. The fraction of sp³-hybridized carbons (Fsp3) is 0.133. The molecule has 0 atom stereocenters. The van der Waals surface area contributed by atoms with Gasteiger partial charge in [0.25, 0.3) is 11.1 Å². The van der Waals surface area contributed by atoms with Crippen molar-refractivity contribution in [2.75, 3.05) is 18.2 Å². The number of nitro benzene ring substituents is 1. The predicted molar refractivity (Wildman–Crippen MR) is 91.0 cm³/mol. The molecular weight excluding hydrogens is 364 g/mol. The van der Waals surface area contributed by atoms with Crippen LogP contribution in [-0.4, -0.2) is 33.9 Å². The second-order valence-corrected chi connectivity index (χ2v) is 5.76. The summed E-state index contributed by atoms with van der Waals surface area (Å²) >= 11 is 1.05. The lowest BCUT2D eigenvalue weighted by Gasteiger charge is -2.06. The van der Waals surface area contributed by atoms with Gasteiger partial charge in [0.1, 0.15) is 0 Å². The summed E-state index contributed by atoms with van der Waals surface area (Å²) in [6.45, 7) is 0. The molecule has 0 aliphatic carbocycles. The number of nitro groups is 1. The highest BCUT2D eigenvalue weighted by molar-refractivity contribution is 7.99. The number of carbonyl (C=O) groups is 1. The number of nitrogens with zero attached hydrogens (tertiary/aromatic N) is 3. The topological polar surface area (TPSA) is 134 Å². The van der Waals surface area contributed by atoms with E-state index in [1.54, 1.807) is 12.1 Å². The Hall–Kier alpha value is -3.34. The fourth-order valence-electron chi connectivity index (χ4n) is 2.00. The second kappa shape index (κ2) is 7.70. The van der Waals surface area contributed by atoms with Gasteiger partial charge in [-0.25, -0.2) is 0 Å². The first kappa shape index (κ1) is 17.5. The third-order valence-corrected chi connectivity index (χ3v) is 3.94. The molecule has 11 heteroatoms. The Labute approximate surface area is 150 Å². The van der Waals surface area contributed by atoms with Crippen LogP contribution in [0.1, 0.15) is 0 Å². The molecule has 3 rings (SSSR count). The van der Waals surface area contributed by atoms with Crippen LogP contribution >= 0.6 is 11.8 Å². The van der Waals surface area contributed by atoms with Gasteiger partial charge in [-0.05, 0) is 18.2 Å². The average molecular weight is 376 g/mol. The molecule has 2 heterocycles. The first-order valence-electron chi connectivity index (χ1n) is 7.19. The molecule has 26 heavy (non-hydrogen) atoms. The average Bonchev–Trinajstić information content (AvgIpc) is 3.31. The third kappa shape index (κ3) is 4.00. The molecule has 1 amide bonds. The number of amides is 1. The normalized spacial score (nSPS) is 10.5. The lowest BCUT2D eigenvalue weighted by Crippen LogP contribution is -2.14. The molecule has 0 fully saturated rings. The van der Waals surface area contributed by atoms with Crippen LogP contribution in [0.2, 0.25) is 0 Å². The summed E-state index contributed by atoms with van der Waals surface area (Å²) in [6, 6.07) is 7.43. The summed E-state index contributed by atoms with van der Waals surface area (Å²) in [7, 11) is 1.32. The lowest BCUT2D eigenvalue weighted by molar-refractivity contribution is -0.385. The molecule has 1 aromatic carbocycles. The highest BCUT2D eigenvalue weighted by atomic mass is 32.2. The summed E-state index contributed by atoms with van der Waals surface area (Å²) < 4.78 is 15.5.